The van der Waals surface area contributed by atoms with E-state index >= 15 is 0 Å². The van der Waals surface area contributed by atoms with Crippen molar-refractivity contribution in [2.45, 2.75) is 50.5 Å². The Morgan fingerprint density at radius 2 is 1.60 bits per heavy atom. The van der Waals surface area contributed by atoms with Crippen LogP contribution in [0.5, 0.6) is 0 Å². The van der Waals surface area contributed by atoms with E-state index in [1.807, 2.05) is 0 Å². The Kier molecular flexibility index (Phi) is 4.29. The number of halogens is 6. The van der Waals surface area contributed by atoms with Crippen LogP contribution < -0.4 is 5.32 Å². The maximum absolute atomic E-state index is 12.8. The monoisotopic (exact) mass is 303 g/mol. The summed E-state index contributed by atoms with van der Waals surface area (Å²) in [7, 11) is 1.18. The molecule has 0 aromatic rings. The largest absolute Gasteiger partial charge is 0.401 e. The Labute approximate surface area is 114 Å². The normalized spacial score (nSPS) is 32.1. The average Bonchev–Trinajstić information content (AvgIpc) is 2.85. The highest BCUT2D eigenvalue weighted by Gasteiger charge is 2.60. The summed E-state index contributed by atoms with van der Waals surface area (Å²) in [6.07, 6.45) is -6.77. The third kappa shape index (κ3) is 3.23. The molecule has 1 N–H and O–H groups in total. The lowest BCUT2D eigenvalue weighted by Crippen LogP contribution is -2.51. The van der Waals surface area contributed by atoms with Gasteiger partial charge in [0.15, 0.2) is 5.92 Å². The molecule has 7 heteroatoms. The summed E-state index contributed by atoms with van der Waals surface area (Å²) in [4.78, 5) is 0. The summed E-state index contributed by atoms with van der Waals surface area (Å²) in [5.41, 5.74) is 0. The van der Waals surface area contributed by atoms with Crippen LogP contribution in [-0.4, -0.2) is 25.4 Å². The van der Waals surface area contributed by atoms with Crippen molar-refractivity contribution in [2.24, 2.45) is 23.7 Å². The molecule has 20 heavy (non-hydrogen) atoms. The first-order valence-corrected chi connectivity index (χ1v) is 6.93. The van der Waals surface area contributed by atoms with Crippen molar-refractivity contribution in [1.82, 2.24) is 5.32 Å². The Morgan fingerprint density at radius 3 is 1.95 bits per heavy atom. The molecule has 2 fully saturated rings. The summed E-state index contributed by atoms with van der Waals surface area (Å²) in [5, 5.41) is 2.26. The lowest BCUT2D eigenvalue weighted by molar-refractivity contribution is -0.292. The van der Waals surface area contributed by atoms with E-state index < -0.39 is 24.3 Å². The molecule has 0 amide bonds. The number of hydrogen-bond acceptors (Lipinski definition) is 1. The van der Waals surface area contributed by atoms with Gasteiger partial charge < -0.3 is 5.32 Å². The molecule has 0 radical (unpaired) electrons. The molecule has 0 saturated heterocycles. The molecule has 4 unspecified atom stereocenters. The van der Waals surface area contributed by atoms with Gasteiger partial charge in [-0.2, -0.15) is 26.3 Å². The Balaban J connectivity index is 2.09. The SMILES string of the molecule is CNC(CC1CC2CCC1C2)C(C(F)(F)F)C(F)(F)F. The van der Waals surface area contributed by atoms with E-state index in [0.717, 1.165) is 25.7 Å². The molecule has 2 rings (SSSR count). The van der Waals surface area contributed by atoms with E-state index in [1.54, 1.807) is 0 Å². The van der Waals surface area contributed by atoms with Gasteiger partial charge in [-0.15, -0.1) is 0 Å². The van der Waals surface area contributed by atoms with Gasteiger partial charge in [0.1, 0.15) is 0 Å². The molecule has 1 nitrogen and oxygen atoms in total. The van der Waals surface area contributed by atoms with Crippen LogP contribution in [0.3, 0.4) is 0 Å². The van der Waals surface area contributed by atoms with Gasteiger partial charge in [-0.1, -0.05) is 6.42 Å². The second-order valence-electron chi connectivity index (χ2n) is 6.13. The molecule has 0 aromatic carbocycles. The van der Waals surface area contributed by atoms with Gasteiger partial charge in [0.05, 0.1) is 0 Å². The molecule has 0 aliphatic heterocycles. The predicted molar refractivity (Wildman–Crippen MR) is 62.0 cm³/mol. The topological polar surface area (TPSA) is 12.0 Å². The highest BCUT2D eigenvalue weighted by molar-refractivity contribution is 4.95. The minimum Gasteiger partial charge on any atom is -0.316 e. The molecule has 2 aliphatic rings. The van der Waals surface area contributed by atoms with Crippen LogP contribution in [0.15, 0.2) is 0 Å². The van der Waals surface area contributed by atoms with Crippen molar-refractivity contribution in [1.29, 1.82) is 0 Å². The van der Waals surface area contributed by atoms with Gasteiger partial charge in [0, 0.05) is 6.04 Å². The second kappa shape index (κ2) is 5.39. The second-order valence-corrected chi connectivity index (χ2v) is 6.13. The van der Waals surface area contributed by atoms with Crippen LogP contribution >= 0.6 is 0 Å². The van der Waals surface area contributed by atoms with Gasteiger partial charge in [-0.25, -0.2) is 0 Å². The third-order valence-corrected chi connectivity index (χ3v) is 4.92. The van der Waals surface area contributed by atoms with E-state index in [-0.39, 0.29) is 12.3 Å². The van der Waals surface area contributed by atoms with E-state index in [4.69, 9.17) is 0 Å². The van der Waals surface area contributed by atoms with Crippen LogP contribution in [0.2, 0.25) is 0 Å². The first-order chi connectivity index (χ1) is 9.13. The van der Waals surface area contributed by atoms with E-state index in [2.05, 4.69) is 5.32 Å². The zero-order valence-electron chi connectivity index (χ0n) is 11.2. The Bertz CT molecular complexity index is 323. The van der Waals surface area contributed by atoms with Gasteiger partial charge in [-0.3, -0.25) is 0 Å². The van der Waals surface area contributed by atoms with E-state index in [1.165, 1.54) is 7.05 Å². The number of rotatable bonds is 4. The van der Waals surface area contributed by atoms with Gasteiger partial charge in [0.2, 0.25) is 0 Å². The fraction of sp³-hybridized carbons (Fsp3) is 1.00. The molecular formula is C13H19F6N. The maximum Gasteiger partial charge on any atom is 0.401 e. The molecule has 2 aliphatic carbocycles. The first kappa shape index (κ1) is 15.9. The predicted octanol–water partition coefficient (Wildman–Crippen LogP) is 4.14. The average molecular weight is 303 g/mol. The van der Waals surface area contributed by atoms with Crippen LogP contribution in [-0.2, 0) is 0 Å². The molecule has 0 spiro atoms. The van der Waals surface area contributed by atoms with Crippen LogP contribution in [0.25, 0.3) is 0 Å². The zero-order valence-corrected chi connectivity index (χ0v) is 11.2. The molecule has 118 valence electrons. The molecular weight excluding hydrogens is 284 g/mol. The molecule has 0 heterocycles. The molecule has 0 aromatic heterocycles. The fourth-order valence-electron chi connectivity index (χ4n) is 4.05. The summed E-state index contributed by atoms with van der Waals surface area (Å²) in [5.74, 6) is -2.45. The minimum absolute atomic E-state index is 0.00148. The Hall–Kier alpha value is -0.460. The van der Waals surface area contributed by atoms with Crippen molar-refractivity contribution in [2.75, 3.05) is 7.05 Å². The number of nitrogens with one attached hydrogen (secondary N) is 1. The van der Waals surface area contributed by atoms with Crippen molar-refractivity contribution < 1.29 is 26.3 Å². The lowest BCUT2D eigenvalue weighted by Gasteiger charge is -2.34. The summed E-state index contributed by atoms with van der Waals surface area (Å²) < 4.78 is 76.5. The summed E-state index contributed by atoms with van der Waals surface area (Å²) >= 11 is 0. The van der Waals surface area contributed by atoms with Crippen LogP contribution in [0, 0.1) is 23.7 Å². The van der Waals surface area contributed by atoms with E-state index in [9.17, 15) is 26.3 Å². The van der Waals surface area contributed by atoms with Crippen LogP contribution in [0.1, 0.15) is 32.1 Å². The number of hydrogen-bond donors (Lipinski definition) is 1. The van der Waals surface area contributed by atoms with Gasteiger partial charge >= 0.3 is 12.4 Å². The Morgan fingerprint density at radius 1 is 1.00 bits per heavy atom. The molecule has 2 saturated carbocycles. The van der Waals surface area contributed by atoms with Gasteiger partial charge in [0.25, 0.3) is 0 Å². The lowest BCUT2D eigenvalue weighted by atomic mass is 9.81. The number of alkyl halides is 6. The fourth-order valence-corrected chi connectivity index (χ4v) is 4.05. The third-order valence-electron chi connectivity index (χ3n) is 4.92. The number of fused-ring (bicyclic) bond motifs is 2. The molecule has 4 atom stereocenters. The summed E-state index contributed by atoms with van der Waals surface area (Å²) in [6.45, 7) is 0. The maximum atomic E-state index is 12.8. The smallest absolute Gasteiger partial charge is 0.316 e. The van der Waals surface area contributed by atoms with E-state index in [0.29, 0.717) is 11.8 Å². The van der Waals surface area contributed by atoms with Crippen LogP contribution in [0.4, 0.5) is 26.3 Å². The summed E-state index contributed by atoms with van der Waals surface area (Å²) in [6, 6.07) is -1.58. The van der Waals surface area contributed by atoms with Crippen molar-refractivity contribution in [3.8, 4) is 0 Å². The van der Waals surface area contributed by atoms with Crippen molar-refractivity contribution in [3.63, 3.8) is 0 Å². The van der Waals surface area contributed by atoms with Crippen molar-refractivity contribution >= 4 is 0 Å². The van der Waals surface area contributed by atoms with Crippen molar-refractivity contribution in [3.05, 3.63) is 0 Å². The highest BCUT2D eigenvalue weighted by atomic mass is 19.4. The highest BCUT2D eigenvalue weighted by Crippen LogP contribution is 2.51. The van der Waals surface area contributed by atoms with Gasteiger partial charge in [-0.05, 0) is 50.5 Å². The first-order valence-electron chi connectivity index (χ1n) is 6.93. The zero-order chi connectivity index (χ0) is 15.1. The molecule has 2 bridgehead atoms. The quantitative estimate of drug-likeness (QED) is 0.770. The standard InChI is InChI=1S/C13H19F6N/c1-20-10(11(12(14,15)16)13(17,18)19)6-9-5-7-2-3-8(9)4-7/h7-11,20H,2-6H2,1H3. The minimum atomic E-state index is -5.26.